The molecule has 0 bridgehead atoms. The molecule has 0 aliphatic rings. The van der Waals surface area contributed by atoms with Crippen molar-refractivity contribution in [2.45, 2.75) is 32.4 Å². The van der Waals surface area contributed by atoms with Crippen molar-refractivity contribution in [3.8, 4) is 0 Å². The zero-order valence-corrected chi connectivity index (χ0v) is 12.9. The summed E-state index contributed by atoms with van der Waals surface area (Å²) in [5.74, 6) is -2.25. The van der Waals surface area contributed by atoms with Gasteiger partial charge in [-0.05, 0) is 31.0 Å². The van der Waals surface area contributed by atoms with Gasteiger partial charge in [0.15, 0.2) is 0 Å². The lowest BCUT2D eigenvalue weighted by Gasteiger charge is -2.12. The molecule has 0 aliphatic heterocycles. The van der Waals surface area contributed by atoms with E-state index in [-0.39, 0.29) is 24.2 Å². The van der Waals surface area contributed by atoms with Crippen LogP contribution in [0.5, 0.6) is 0 Å². The van der Waals surface area contributed by atoms with Crippen LogP contribution in [-0.4, -0.2) is 29.4 Å². The minimum atomic E-state index is -4.66. The van der Waals surface area contributed by atoms with Gasteiger partial charge in [0, 0.05) is 31.1 Å². The van der Waals surface area contributed by atoms with E-state index in [1.54, 1.807) is 0 Å². The molecular formula is C15H17F3N2O4. The zero-order chi connectivity index (χ0) is 18.3. The molecule has 0 saturated heterocycles. The molecule has 0 saturated carbocycles. The SMILES string of the molecule is CC(=O)Nc1cc(C(=O)NCCCCC(=O)O)cc(C(F)(F)F)c1. The molecule has 0 radical (unpaired) electrons. The minimum Gasteiger partial charge on any atom is -0.481 e. The summed E-state index contributed by atoms with van der Waals surface area (Å²) >= 11 is 0. The van der Waals surface area contributed by atoms with Gasteiger partial charge < -0.3 is 15.7 Å². The lowest BCUT2D eigenvalue weighted by molar-refractivity contribution is -0.138. The van der Waals surface area contributed by atoms with Gasteiger partial charge in [0.1, 0.15) is 0 Å². The highest BCUT2D eigenvalue weighted by molar-refractivity contribution is 5.97. The highest BCUT2D eigenvalue weighted by Crippen LogP contribution is 2.32. The smallest absolute Gasteiger partial charge is 0.416 e. The van der Waals surface area contributed by atoms with Crippen molar-refractivity contribution >= 4 is 23.5 Å². The first-order valence-electron chi connectivity index (χ1n) is 7.09. The van der Waals surface area contributed by atoms with Crippen LogP contribution in [0.3, 0.4) is 0 Å². The summed E-state index contributed by atoms with van der Waals surface area (Å²) in [7, 11) is 0. The van der Waals surface area contributed by atoms with Gasteiger partial charge in [0.05, 0.1) is 5.56 Å². The van der Waals surface area contributed by atoms with Crippen LogP contribution >= 0.6 is 0 Å². The monoisotopic (exact) mass is 346 g/mol. The van der Waals surface area contributed by atoms with Gasteiger partial charge in [0.2, 0.25) is 5.91 Å². The Bertz CT molecular complexity index is 630. The van der Waals surface area contributed by atoms with Crippen molar-refractivity contribution in [1.82, 2.24) is 5.32 Å². The summed E-state index contributed by atoms with van der Waals surface area (Å²) in [4.78, 5) is 33.3. The maximum Gasteiger partial charge on any atom is 0.416 e. The van der Waals surface area contributed by atoms with Crippen molar-refractivity contribution in [2.75, 3.05) is 11.9 Å². The summed E-state index contributed by atoms with van der Waals surface area (Å²) in [6, 6.07) is 2.58. The lowest BCUT2D eigenvalue weighted by Crippen LogP contribution is -2.25. The van der Waals surface area contributed by atoms with E-state index in [0.717, 1.165) is 19.1 Å². The first kappa shape index (κ1) is 19.5. The van der Waals surface area contributed by atoms with Crippen LogP contribution < -0.4 is 10.6 Å². The van der Waals surface area contributed by atoms with E-state index in [2.05, 4.69) is 10.6 Å². The first-order valence-corrected chi connectivity index (χ1v) is 7.09. The number of rotatable bonds is 7. The molecule has 2 amide bonds. The van der Waals surface area contributed by atoms with Crippen molar-refractivity contribution in [3.63, 3.8) is 0 Å². The Morgan fingerprint density at radius 3 is 2.33 bits per heavy atom. The van der Waals surface area contributed by atoms with Gasteiger partial charge in [-0.15, -0.1) is 0 Å². The molecule has 1 aromatic carbocycles. The fourth-order valence-electron chi connectivity index (χ4n) is 1.90. The van der Waals surface area contributed by atoms with Gasteiger partial charge in [-0.3, -0.25) is 14.4 Å². The fraction of sp³-hybridized carbons (Fsp3) is 0.400. The second kappa shape index (κ2) is 8.32. The molecule has 0 aliphatic carbocycles. The van der Waals surface area contributed by atoms with E-state index in [9.17, 15) is 27.6 Å². The van der Waals surface area contributed by atoms with Gasteiger partial charge in [0.25, 0.3) is 5.91 Å². The minimum absolute atomic E-state index is 0.0495. The number of benzene rings is 1. The second-order valence-electron chi connectivity index (χ2n) is 5.08. The van der Waals surface area contributed by atoms with Crippen molar-refractivity contribution < 1.29 is 32.7 Å². The molecule has 6 nitrogen and oxygen atoms in total. The molecule has 24 heavy (non-hydrogen) atoms. The predicted molar refractivity (Wildman–Crippen MR) is 79.6 cm³/mol. The quantitative estimate of drug-likeness (QED) is 0.662. The molecule has 1 aromatic rings. The van der Waals surface area contributed by atoms with Crippen LogP contribution in [0.2, 0.25) is 0 Å². The summed E-state index contributed by atoms with van der Waals surface area (Å²) in [6.07, 6.45) is -3.98. The molecule has 3 N–H and O–H groups in total. The Labute approximate surface area is 136 Å². The van der Waals surface area contributed by atoms with E-state index in [1.165, 1.54) is 0 Å². The number of halogens is 3. The molecule has 9 heteroatoms. The molecule has 0 aromatic heterocycles. The summed E-state index contributed by atoms with van der Waals surface area (Å²) in [5, 5.41) is 13.1. The number of carbonyl (C=O) groups excluding carboxylic acids is 2. The Balaban J connectivity index is 2.82. The molecular weight excluding hydrogens is 329 g/mol. The Morgan fingerprint density at radius 2 is 1.79 bits per heavy atom. The molecule has 0 unspecified atom stereocenters. The number of hydrogen-bond donors (Lipinski definition) is 3. The summed E-state index contributed by atoms with van der Waals surface area (Å²) < 4.78 is 38.6. The average molecular weight is 346 g/mol. The first-order chi connectivity index (χ1) is 11.1. The number of carboxylic acids is 1. The van der Waals surface area contributed by atoms with Gasteiger partial charge in [-0.2, -0.15) is 13.2 Å². The molecule has 0 spiro atoms. The van der Waals surface area contributed by atoms with E-state index in [1.807, 2.05) is 0 Å². The third-order valence-corrected chi connectivity index (χ3v) is 2.95. The highest BCUT2D eigenvalue weighted by Gasteiger charge is 2.32. The van der Waals surface area contributed by atoms with Crippen LogP contribution in [0, 0.1) is 0 Å². The number of alkyl halides is 3. The highest BCUT2D eigenvalue weighted by atomic mass is 19.4. The van der Waals surface area contributed by atoms with Crippen LogP contribution in [0.1, 0.15) is 42.1 Å². The number of anilines is 1. The van der Waals surface area contributed by atoms with Gasteiger partial charge >= 0.3 is 12.1 Å². The number of nitrogens with one attached hydrogen (secondary N) is 2. The summed E-state index contributed by atoms with van der Waals surface area (Å²) in [5.41, 5.74) is -1.43. The molecule has 0 fully saturated rings. The number of carbonyl (C=O) groups is 3. The van der Waals surface area contributed by atoms with Crippen molar-refractivity contribution in [1.29, 1.82) is 0 Å². The number of hydrogen-bond acceptors (Lipinski definition) is 3. The Morgan fingerprint density at radius 1 is 1.12 bits per heavy atom. The summed E-state index contributed by atoms with van der Waals surface area (Å²) in [6.45, 7) is 1.28. The maximum absolute atomic E-state index is 12.9. The maximum atomic E-state index is 12.9. The standard InChI is InChI=1S/C15H17F3N2O4/c1-9(21)20-12-7-10(6-11(8-12)15(16,17)18)14(24)19-5-3-2-4-13(22)23/h6-8H,2-5H2,1H3,(H,19,24)(H,20,21)(H,22,23). The molecule has 0 heterocycles. The van der Waals surface area contributed by atoms with Crippen molar-refractivity contribution in [3.05, 3.63) is 29.3 Å². The van der Waals surface area contributed by atoms with Crippen LogP contribution in [0.4, 0.5) is 18.9 Å². The average Bonchev–Trinajstić information content (AvgIpc) is 2.44. The van der Waals surface area contributed by atoms with E-state index < -0.39 is 29.5 Å². The van der Waals surface area contributed by atoms with E-state index in [4.69, 9.17) is 5.11 Å². The number of unbranched alkanes of at least 4 members (excludes halogenated alkanes) is 1. The predicted octanol–water partition coefficient (Wildman–Crippen LogP) is 2.65. The number of carboxylic acid groups (broad SMARTS) is 1. The number of aliphatic carboxylic acids is 1. The normalized spacial score (nSPS) is 11.0. The second-order valence-corrected chi connectivity index (χ2v) is 5.08. The third-order valence-electron chi connectivity index (χ3n) is 2.95. The van der Waals surface area contributed by atoms with Crippen molar-refractivity contribution in [2.24, 2.45) is 0 Å². The molecule has 1 rings (SSSR count). The Hall–Kier alpha value is -2.58. The Kier molecular flexibility index (Phi) is 6.75. The van der Waals surface area contributed by atoms with Crippen LogP contribution in [0.25, 0.3) is 0 Å². The molecule has 0 atom stereocenters. The van der Waals surface area contributed by atoms with Gasteiger partial charge in [-0.1, -0.05) is 0 Å². The largest absolute Gasteiger partial charge is 0.481 e. The lowest BCUT2D eigenvalue weighted by atomic mass is 10.1. The molecule has 132 valence electrons. The van der Waals surface area contributed by atoms with E-state index in [0.29, 0.717) is 18.9 Å². The van der Waals surface area contributed by atoms with Crippen LogP contribution in [0.15, 0.2) is 18.2 Å². The van der Waals surface area contributed by atoms with E-state index >= 15 is 0 Å². The topological polar surface area (TPSA) is 95.5 Å². The third kappa shape index (κ3) is 6.67. The zero-order valence-electron chi connectivity index (χ0n) is 12.9. The fourth-order valence-corrected chi connectivity index (χ4v) is 1.90. The van der Waals surface area contributed by atoms with Crippen LogP contribution in [-0.2, 0) is 15.8 Å². The van der Waals surface area contributed by atoms with Gasteiger partial charge in [-0.25, -0.2) is 0 Å². The number of amides is 2.